The fraction of sp³-hybridized carbons (Fsp3) is 0.312. The average molecular weight is 299 g/mol. The van der Waals surface area contributed by atoms with E-state index in [-0.39, 0.29) is 18.2 Å². The van der Waals surface area contributed by atoms with Gasteiger partial charge in [0.05, 0.1) is 5.69 Å². The van der Waals surface area contributed by atoms with Gasteiger partial charge in [0.15, 0.2) is 0 Å². The Labute approximate surface area is 127 Å². The summed E-state index contributed by atoms with van der Waals surface area (Å²) in [6.07, 6.45) is 1.68. The molecule has 6 heteroatoms. The van der Waals surface area contributed by atoms with Gasteiger partial charge in [0.2, 0.25) is 0 Å². The first-order valence-corrected chi connectivity index (χ1v) is 7.25. The summed E-state index contributed by atoms with van der Waals surface area (Å²) < 4.78 is 5.21. The van der Waals surface area contributed by atoms with Crippen molar-refractivity contribution < 1.29 is 9.53 Å². The van der Waals surface area contributed by atoms with E-state index in [1.807, 2.05) is 30.3 Å². The van der Waals surface area contributed by atoms with Crippen molar-refractivity contribution >= 4 is 6.09 Å². The quantitative estimate of drug-likeness (QED) is 0.900. The maximum Gasteiger partial charge on any atom is 0.407 e. The molecule has 3 rings (SSSR count). The van der Waals surface area contributed by atoms with Gasteiger partial charge in [-0.3, -0.25) is 4.79 Å². The zero-order valence-corrected chi connectivity index (χ0v) is 12.0. The number of ether oxygens (including phenoxy) is 1. The standard InChI is InChI=1S/C16H17N3O3/c20-15-8-12-6-7-13(9-14(12)18-19-15)17-16(21)22-10-11-4-2-1-3-5-11/h1-5,8,13H,6-7,9-10H2,(H,17,21)(H,19,20). The van der Waals surface area contributed by atoms with Crippen LogP contribution in [0.15, 0.2) is 41.2 Å². The molecule has 114 valence electrons. The molecule has 1 aliphatic rings. The number of aromatic nitrogens is 2. The van der Waals surface area contributed by atoms with Gasteiger partial charge in [0.1, 0.15) is 6.61 Å². The number of nitrogens with one attached hydrogen (secondary N) is 2. The van der Waals surface area contributed by atoms with Crippen LogP contribution in [-0.4, -0.2) is 22.3 Å². The van der Waals surface area contributed by atoms with Crippen molar-refractivity contribution in [3.8, 4) is 0 Å². The lowest BCUT2D eigenvalue weighted by Crippen LogP contribution is -2.39. The van der Waals surface area contributed by atoms with E-state index in [1.54, 1.807) is 6.07 Å². The first kappa shape index (κ1) is 14.3. The third-order valence-electron chi connectivity index (χ3n) is 3.71. The number of fused-ring (bicyclic) bond motifs is 1. The highest BCUT2D eigenvalue weighted by atomic mass is 16.5. The number of carbonyl (C=O) groups excluding carboxylic acids is 1. The summed E-state index contributed by atoms with van der Waals surface area (Å²) in [7, 11) is 0. The van der Waals surface area contributed by atoms with Gasteiger partial charge >= 0.3 is 6.09 Å². The van der Waals surface area contributed by atoms with Crippen molar-refractivity contribution in [2.75, 3.05) is 0 Å². The Hall–Kier alpha value is -2.63. The minimum Gasteiger partial charge on any atom is -0.445 e. The van der Waals surface area contributed by atoms with Gasteiger partial charge in [0, 0.05) is 18.5 Å². The highest BCUT2D eigenvalue weighted by molar-refractivity contribution is 5.67. The second-order valence-electron chi connectivity index (χ2n) is 5.35. The summed E-state index contributed by atoms with van der Waals surface area (Å²) in [4.78, 5) is 23.1. The second-order valence-corrected chi connectivity index (χ2v) is 5.35. The van der Waals surface area contributed by atoms with Gasteiger partial charge in [-0.15, -0.1) is 0 Å². The van der Waals surface area contributed by atoms with Crippen molar-refractivity contribution in [2.45, 2.75) is 31.9 Å². The molecule has 0 spiro atoms. The van der Waals surface area contributed by atoms with E-state index in [2.05, 4.69) is 15.5 Å². The fourth-order valence-corrected chi connectivity index (χ4v) is 2.58. The molecule has 1 atom stereocenters. The molecule has 1 aliphatic carbocycles. The number of alkyl carbamates (subject to hydrolysis) is 1. The Balaban J connectivity index is 1.52. The van der Waals surface area contributed by atoms with E-state index in [0.29, 0.717) is 6.42 Å². The second kappa shape index (κ2) is 6.43. The number of aromatic amines is 1. The maximum absolute atomic E-state index is 11.8. The monoisotopic (exact) mass is 299 g/mol. The molecule has 1 aromatic carbocycles. The number of H-pyrrole nitrogens is 1. The van der Waals surface area contributed by atoms with Gasteiger partial charge in [-0.1, -0.05) is 30.3 Å². The Kier molecular flexibility index (Phi) is 4.18. The highest BCUT2D eigenvalue weighted by Crippen LogP contribution is 2.17. The Morgan fingerprint density at radius 3 is 3.00 bits per heavy atom. The van der Waals surface area contributed by atoms with Crippen LogP contribution in [0.1, 0.15) is 23.2 Å². The zero-order valence-electron chi connectivity index (χ0n) is 12.0. The normalized spacial score (nSPS) is 16.6. The lowest BCUT2D eigenvalue weighted by molar-refractivity contribution is 0.134. The van der Waals surface area contributed by atoms with E-state index < -0.39 is 6.09 Å². The van der Waals surface area contributed by atoms with Crippen molar-refractivity contribution in [3.63, 3.8) is 0 Å². The van der Waals surface area contributed by atoms with Crippen molar-refractivity contribution in [2.24, 2.45) is 0 Å². The van der Waals surface area contributed by atoms with E-state index >= 15 is 0 Å². The number of carbonyl (C=O) groups is 1. The first-order chi connectivity index (χ1) is 10.7. The maximum atomic E-state index is 11.8. The topological polar surface area (TPSA) is 84.1 Å². The van der Waals surface area contributed by atoms with E-state index in [0.717, 1.165) is 29.7 Å². The minimum absolute atomic E-state index is 0.0193. The summed E-state index contributed by atoms with van der Waals surface area (Å²) in [5.41, 5.74) is 2.55. The predicted molar refractivity (Wildman–Crippen MR) is 80.4 cm³/mol. The summed E-state index contributed by atoms with van der Waals surface area (Å²) in [5, 5.41) is 9.32. The first-order valence-electron chi connectivity index (χ1n) is 7.25. The van der Waals surface area contributed by atoms with Gasteiger partial charge in [0.25, 0.3) is 5.56 Å². The molecule has 1 aromatic heterocycles. The summed E-state index contributed by atoms with van der Waals surface area (Å²) >= 11 is 0. The summed E-state index contributed by atoms with van der Waals surface area (Å²) in [5.74, 6) is 0. The molecule has 0 radical (unpaired) electrons. The number of hydrogen-bond acceptors (Lipinski definition) is 4. The van der Waals surface area contributed by atoms with Crippen LogP contribution < -0.4 is 10.9 Å². The smallest absolute Gasteiger partial charge is 0.407 e. The molecular weight excluding hydrogens is 282 g/mol. The number of amides is 1. The largest absolute Gasteiger partial charge is 0.445 e. The predicted octanol–water partition coefficient (Wildman–Crippen LogP) is 1.55. The third kappa shape index (κ3) is 3.52. The van der Waals surface area contributed by atoms with Crippen LogP contribution >= 0.6 is 0 Å². The Morgan fingerprint density at radius 2 is 2.18 bits per heavy atom. The van der Waals surface area contributed by atoms with E-state index in [9.17, 15) is 9.59 Å². The molecule has 0 saturated carbocycles. The van der Waals surface area contributed by atoms with Crippen LogP contribution in [0.4, 0.5) is 4.79 Å². The molecule has 0 fully saturated rings. The minimum atomic E-state index is -0.429. The number of rotatable bonds is 3. The lowest BCUT2D eigenvalue weighted by atomic mass is 9.93. The molecule has 22 heavy (non-hydrogen) atoms. The fourth-order valence-electron chi connectivity index (χ4n) is 2.58. The molecule has 1 unspecified atom stereocenters. The highest BCUT2D eigenvalue weighted by Gasteiger charge is 2.22. The number of benzene rings is 1. The van der Waals surface area contributed by atoms with Crippen LogP contribution in [0.5, 0.6) is 0 Å². The molecule has 2 N–H and O–H groups in total. The molecule has 2 aromatic rings. The SMILES string of the molecule is O=C(NC1CCc2cc(=O)[nH]nc2C1)OCc1ccccc1. The van der Waals surface area contributed by atoms with Crippen LogP contribution in [0.2, 0.25) is 0 Å². The number of nitrogens with zero attached hydrogens (tertiary/aromatic N) is 1. The zero-order chi connectivity index (χ0) is 15.4. The molecular formula is C16H17N3O3. The van der Waals surface area contributed by atoms with Crippen molar-refractivity contribution in [1.29, 1.82) is 0 Å². The number of aryl methyl sites for hydroxylation is 1. The van der Waals surface area contributed by atoms with Crippen LogP contribution in [0.25, 0.3) is 0 Å². The van der Waals surface area contributed by atoms with Gasteiger partial charge in [-0.05, 0) is 24.0 Å². The van der Waals surface area contributed by atoms with Crippen molar-refractivity contribution in [3.05, 3.63) is 63.6 Å². The number of hydrogen-bond donors (Lipinski definition) is 2. The molecule has 0 bridgehead atoms. The van der Waals surface area contributed by atoms with Crippen LogP contribution in [0.3, 0.4) is 0 Å². The summed E-state index contributed by atoms with van der Waals surface area (Å²) in [6.45, 7) is 0.252. The molecule has 1 amide bonds. The Bertz CT molecular complexity index is 712. The molecule has 1 heterocycles. The van der Waals surface area contributed by atoms with Crippen LogP contribution in [-0.2, 0) is 24.2 Å². The average Bonchev–Trinajstić information content (AvgIpc) is 2.54. The Morgan fingerprint density at radius 1 is 1.36 bits per heavy atom. The van der Waals surface area contributed by atoms with Crippen molar-refractivity contribution in [1.82, 2.24) is 15.5 Å². The van der Waals surface area contributed by atoms with Gasteiger partial charge in [-0.2, -0.15) is 5.10 Å². The molecule has 0 aliphatic heterocycles. The molecule has 0 saturated heterocycles. The lowest BCUT2D eigenvalue weighted by Gasteiger charge is -2.23. The molecule has 6 nitrogen and oxygen atoms in total. The van der Waals surface area contributed by atoms with Crippen LogP contribution in [0, 0.1) is 0 Å². The van der Waals surface area contributed by atoms with Gasteiger partial charge in [-0.25, -0.2) is 9.89 Å². The van der Waals surface area contributed by atoms with E-state index in [1.165, 1.54) is 0 Å². The van der Waals surface area contributed by atoms with Gasteiger partial charge < -0.3 is 10.1 Å². The third-order valence-corrected chi connectivity index (χ3v) is 3.71. The van der Waals surface area contributed by atoms with E-state index in [4.69, 9.17) is 4.74 Å². The summed E-state index contributed by atoms with van der Waals surface area (Å²) in [6, 6.07) is 11.1.